The minimum atomic E-state index is 0.916. The molecule has 5 aromatic carbocycles. The molecule has 0 unspecified atom stereocenters. The SMILES string of the molecule is C=C/C=c1\c(=C)sc2ccc(-c3ccc(Nc4ccc(-c5ccc6oc7ccccc7c6c5)cc4)cc3)cc12. The van der Waals surface area contributed by atoms with E-state index >= 15 is 0 Å². The third-order valence-electron chi connectivity index (χ3n) is 7.19. The van der Waals surface area contributed by atoms with E-state index in [9.17, 15) is 0 Å². The minimum Gasteiger partial charge on any atom is -0.456 e. The zero-order chi connectivity index (χ0) is 26.3. The predicted molar refractivity (Wildman–Crippen MR) is 169 cm³/mol. The van der Waals surface area contributed by atoms with Gasteiger partial charge in [-0.3, -0.25) is 0 Å². The Kier molecular flexibility index (Phi) is 5.65. The van der Waals surface area contributed by atoms with E-state index in [1.807, 2.05) is 24.3 Å². The summed E-state index contributed by atoms with van der Waals surface area (Å²) in [6, 6.07) is 38.3. The molecule has 0 saturated heterocycles. The first kappa shape index (κ1) is 23.3. The first-order valence-corrected chi connectivity index (χ1v) is 13.7. The molecule has 0 bridgehead atoms. The van der Waals surface area contributed by atoms with Crippen LogP contribution in [0.4, 0.5) is 11.4 Å². The van der Waals surface area contributed by atoms with Gasteiger partial charge in [0.25, 0.3) is 0 Å². The summed E-state index contributed by atoms with van der Waals surface area (Å²) in [7, 11) is 0. The molecule has 0 aliphatic rings. The number of rotatable bonds is 5. The number of thiophene rings is 1. The van der Waals surface area contributed by atoms with Gasteiger partial charge < -0.3 is 9.73 Å². The van der Waals surface area contributed by atoms with Gasteiger partial charge in [-0.1, -0.05) is 79.9 Å². The zero-order valence-electron chi connectivity index (χ0n) is 21.3. The van der Waals surface area contributed by atoms with Gasteiger partial charge in [-0.25, -0.2) is 0 Å². The number of nitrogens with one attached hydrogen (secondary N) is 1. The number of hydrogen-bond acceptors (Lipinski definition) is 3. The van der Waals surface area contributed by atoms with Crippen molar-refractivity contribution in [2.24, 2.45) is 0 Å². The van der Waals surface area contributed by atoms with Crippen molar-refractivity contribution < 1.29 is 4.42 Å². The standard InChI is InChI=1S/C36H25NOS/c1-3-6-30-23(2)39-36-20-14-27(22-33(30)36)25-11-17-29(18-12-25)37-28-15-9-24(10-16-28)26-13-19-35-32(21-26)31-7-4-5-8-34(31)38-35/h3-22,37H,1-2H2/b30-6+. The Hall–Kier alpha value is -4.86. The van der Waals surface area contributed by atoms with Crippen LogP contribution in [0.3, 0.4) is 0 Å². The maximum Gasteiger partial charge on any atom is 0.135 e. The molecular formula is C36H25NOS. The second-order valence-corrected chi connectivity index (χ2v) is 10.8. The van der Waals surface area contributed by atoms with Crippen LogP contribution in [0.2, 0.25) is 0 Å². The largest absolute Gasteiger partial charge is 0.456 e. The fourth-order valence-electron chi connectivity index (χ4n) is 5.21. The Morgan fingerprint density at radius 1 is 0.615 bits per heavy atom. The summed E-state index contributed by atoms with van der Waals surface area (Å²) < 4.78 is 8.30. The topological polar surface area (TPSA) is 25.2 Å². The van der Waals surface area contributed by atoms with Gasteiger partial charge in [-0.05, 0) is 82.1 Å². The van der Waals surface area contributed by atoms with E-state index in [1.54, 1.807) is 11.3 Å². The van der Waals surface area contributed by atoms with Gasteiger partial charge in [0.05, 0.1) is 0 Å². The van der Waals surface area contributed by atoms with Crippen molar-refractivity contribution >= 4 is 67.4 Å². The molecule has 2 aromatic heterocycles. The van der Waals surface area contributed by atoms with Gasteiger partial charge in [0.1, 0.15) is 11.2 Å². The normalized spacial score (nSPS) is 11.9. The number of anilines is 2. The van der Waals surface area contributed by atoms with E-state index in [1.165, 1.54) is 32.3 Å². The lowest BCUT2D eigenvalue weighted by Crippen LogP contribution is -2.15. The number of para-hydroxylation sites is 1. The molecule has 0 fully saturated rings. The summed E-state index contributed by atoms with van der Waals surface area (Å²) in [5.74, 6) is 0. The monoisotopic (exact) mass is 519 g/mol. The molecule has 3 heteroatoms. The summed E-state index contributed by atoms with van der Waals surface area (Å²) >= 11 is 1.72. The second kappa shape index (κ2) is 9.46. The Balaban J connectivity index is 1.12. The lowest BCUT2D eigenvalue weighted by molar-refractivity contribution is 0.669. The van der Waals surface area contributed by atoms with Crippen LogP contribution in [0.1, 0.15) is 0 Å². The lowest BCUT2D eigenvalue weighted by Gasteiger charge is -2.09. The van der Waals surface area contributed by atoms with Crippen molar-refractivity contribution in [2.45, 2.75) is 0 Å². The highest BCUT2D eigenvalue weighted by molar-refractivity contribution is 7.17. The molecule has 0 aliphatic heterocycles. The maximum absolute atomic E-state index is 5.98. The molecule has 39 heavy (non-hydrogen) atoms. The minimum absolute atomic E-state index is 0.916. The quantitative estimate of drug-likeness (QED) is 0.245. The predicted octanol–water partition coefficient (Wildman–Crippen LogP) is 9.26. The molecule has 1 N–H and O–H groups in total. The van der Waals surface area contributed by atoms with Crippen molar-refractivity contribution in [3.63, 3.8) is 0 Å². The van der Waals surface area contributed by atoms with Gasteiger partial charge in [0.15, 0.2) is 0 Å². The van der Waals surface area contributed by atoms with Crippen molar-refractivity contribution in [2.75, 3.05) is 5.32 Å². The summed E-state index contributed by atoms with van der Waals surface area (Å²) in [4.78, 5) is 0. The van der Waals surface area contributed by atoms with E-state index in [0.717, 1.165) is 43.1 Å². The van der Waals surface area contributed by atoms with Gasteiger partial charge in [-0.15, -0.1) is 11.3 Å². The molecule has 0 amide bonds. The first-order chi connectivity index (χ1) is 19.2. The number of fused-ring (bicyclic) bond motifs is 4. The highest BCUT2D eigenvalue weighted by Gasteiger charge is 2.08. The Morgan fingerprint density at radius 2 is 1.21 bits per heavy atom. The summed E-state index contributed by atoms with van der Waals surface area (Å²) in [6.45, 7) is 8.06. The summed E-state index contributed by atoms with van der Waals surface area (Å²) in [5, 5.41) is 8.21. The Bertz CT molecular complexity index is 2110. The number of benzene rings is 5. The van der Waals surface area contributed by atoms with E-state index in [2.05, 4.69) is 116 Å². The molecule has 7 aromatic rings. The highest BCUT2D eigenvalue weighted by Crippen LogP contribution is 2.33. The molecule has 0 saturated carbocycles. The Labute approximate surface area is 230 Å². The highest BCUT2D eigenvalue weighted by atomic mass is 32.1. The average molecular weight is 520 g/mol. The molecule has 2 nitrogen and oxygen atoms in total. The Morgan fingerprint density at radius 3 is 1.90 bits per heavy atom. The van der Waals surface area contributed by atoms with Crippen LogP contribution in [-0.2, 0) is 0 Å². The van der Waals surface area contributed by atoms with Crippen LogP contribution < -0.4 is 15.1 Å². The number of allylic oxidation sites excluding steroid dienone is 1. The van der Waals surface area contributed by atoms with E-state index < -0.39 is 0 Å². The summed E-state index contributed by atoms with van der Waals surface area (Å²) in [6.07, 6.45) is 3.87. The maximum atomic E-state index is 5.98. The first-order valence-electron chi connectivity index (χ1n) is 12.9. The molecule has 2 heterocycles. The molecule has 0 aliphatic carbocycles. The third kappa shape index (κ3) is 4.23. The number of furan rings is 1. The van der Waals surface area contributed by atoms with Crippen LogP contribution in [0, 0.1) is 0 Å². The smallest absolute Gasteiger partial charge is 0.135 e. The van der Waals surface area contributed by atoms with Crippen LogP contribution in [0.15, 0.2) is 126 Å². The van der Waals surface area contributed by atoms with Crippen LogP contribution in [0.5, 0.6) is 0 Å². The molecule has 186 valence electrons. The van der Waals surface area contributed by atoms with E-state index in [-0.39, 0.29) is 0 Å². The van der Waals surface area contributed by atoms with E-state index in [0.29, 0.717) is 0 Å². The van der Waals surface area contributed by atoms with E-state index in [4.69, 9.17) is 4.42 Å². The van der Waals surface area contributed by atoms with Crippen molar-refractivity contribution in [1.82, 2.24) is 0 Å². The molecular weight excluding hydrogens is 494 g/mol. The van der Waals surface area contributed by atoms with Gasteiger partial charge in [-0.2, -0.15) is 0 Å². The van der Waals surface area contributed by atoms with Crippen LogP contribution in [0.25, 0.3) is 66.9 Å². The van der Waals surface area contributed by atoms with Crippen molar-refractivity contribution in [3.05, 3.63) is 132 Å². The zero-order valence-corrected chi connectivity index (χ0v) is 22.1. The molecule has 0 radical (unpaired) electrons. The van der Waals surface area contributed by atoms with Gasteiger partial charge in [0.2, 0.25) is 0 Å². The average Bonchev–Trinajstić information content (AvgIpc) is 3.50. The molecule has 7 rings (SSSR count). The third-order valence-corrected chi connectivity index (χ3v) is 8.23. The second-order valence-electron chi connectivity index (χ2n) is 9.64. The van der Waals surface area contributed by atoms with Gasteiger partial charge in [0, 0.05) is 36.8 Å². The van der Waals surface area contributed by atoms with Gasteiger partial charge >= 0.3 is 0 Å². The fourth-order valence-corrected chi connectivity index (χ4v) is 6.18. The molecule has 0 spiro atoms. The van der Waals surface area contributed by atoms with Crippen LogP contribution >= 0.6 is 11.3 Å². The van der Waals surface area contributed by atoms with Crippen LogP contribution in [-0.4, -0.2) is 0 Å². The lowest BCUT2D eigenvalue weighted by atomic mass is 10.0. The van der Waals surface area contributed by atoms with Crippen molar-refractivity contribution in [3.8, 4) is 22.3 Å². The van der Waals surface area contributed by atoms with Crippen molar-refractivity contribution in [1.29, 1.82) is 0 Å². The number of hydrogen-bond donors (Lipinski definition) is 1. The fraction of sp³-hybridized carbons (Fsp3) is 0. The molecule has 0 atom stereocenters. The summed E-state index contributed by atoms with van der Waals surface area (Å²) in [5.41, 5.74) is 8.66.